The summed E-state index contributed by atoms with van der Waals surface area (Å²) in [5, 5.41) is 17.1. The fraction of sp³-hybridized carbons (Fsp3) is 0.412. The van der Waals surface area contributed by atoms with E-state index in [0.717, 1.165) is 25.7 Å². The number of nitrogens with one attached hydrogen (secondary N) is 1. The smallest absolute Gasteiger partial charge is 0.343 e. The highest BCUT2D eigenvalue weighted by molar-refractivity contribution is 5.97. The van der Waals surface area contributed by atoms with E-state index in [-0.39, 0.29) is 22.7 Å². The number of ether oxygens (including phenoxy) is 1. The second kappa shape index (κ2) is 5.81. The minimum Gasteiger partial charge on any atom is -0.477 e. The third-order valence-corrected chi connectivity index (χ3v) is 4.30. The quantitative estimate of drug-likeness (QED) is 0.900. The normalized spacial score (nSPS) is 16.9. The zero-order chi connectivity index (χ0) is 16.7. The summed E-state index contributed by atoms with van der Waals surface area (Å²) in [7, 11) is 0. The van der Waals surface area contributed by atoms with Gasteiger partial charge in [-0.1, -0.05) is 0 Å². The molecule has 0 radical (unpaired) electrons. The summed E-state index contributed by atoms with van der Waals surface area (Å²) in [6.45, 7) is 1.01. The van der Waals surface area contributed by atoms with Crippen LogP contribution in [0.1, 0.15) is 36.0 Å². The number of hydrogen-bond donors (Lipinski definition) is 2. The van der Waals surface area contributed by atoms with Crippen LogP contribution in [0.15, 0.2) is 18.2 Å². The molecule has 1 aromatic carbocycles. The van der Waals surface area contributed by atoms with Gasteiger partial charge in [-0.15, -0.1) is 0 Å². The fourth-order valence-electron chi connectivity index (χ4n) is 2.92. The molecule has 4 rings (SSSR count). The third kappa shape index (κ3) is 2.70. The molecule has 0 saturated heterocycles. The van der Waals surface area contributed by atoms with Gasteiger partial charge in [0.2, 0.25) is 5.88 Å². The molecule has 1 aliphatic carbocycles. The zero-order valence-corrected chi connectivity index (χ0v) is 13.1. The molecule has 24 heavy (non-hydrogen) atoms. The average molecular weight is 331 g/mol. The number of carboxylic acids is 1. The van der Waals surface area contributed by atoms with E-state index in [1.54, 1.807) is 12.1 Å². The zero-order valence-electron chi connectivity index (χ0n) is 13.1. The van der Waals surface area contributed by atoms with Crippen LogP contribution < -0.4 is 10.1 Å². The summed E-state index contributed by atoms with van der Waals surface area (Å²) in [6.07, 6.45) is 3.88. The van der Waals surface area contributed by atoms with Gasteiger partial charge in [-0.2, -0.15) is 5.10 Å². The first kappa shape index (κ1) is 15.0. The Bertz CT molecular complexity index is 799. The minimum atomic E-state index is -1.16. The molecule has 1 saturated carbocycles. The molecule has 7 heteroatoms. The summed E-state index contributed by atoms with van der Waals surface area (Å²) >= 11 is 0. The number of aryl methyl sites for hydroxylation is 1. The van der Waals surface area contributed by atoms with Crippen molar-refractivity contribution in [2.24, 2.45) is 0 Å². The van der Waals surface area contributed by atoms with E-state index in [4.69, 9.17) is 4.74 Å². The van der Waals surface area contributed by atoms with Crippen LogP contribution in [0.3, 0.4) is 0 Å². The lowest BCUT2D eigenvalue weighted by Crippen LogP contribution is -2.05. The van der Waals surface area contributed by atoms with Gasteiger partial charge in [0.1, 0.15) is 17.1 Å². The Hall–Kier alpha value is -2.57. The lowest BCUT2D eigenvalue weighted by Gasteiger charge is -2.07. The predicted molar refractivity (Wildman–Crippen MR) is 86.0 cm³/mol. The number of fused-ring (bicyclic) bond motifs is 1. The number of carbonyl (C=O) groups is 1. The Kier molecular flexibility index (Phi) is 3.63. The van der Waals surface area contributed by atoms with Gasteiger partial charge >= 0.3 is 5.97 Å². The molecule has 1 fully saturated rings. The summed E-state index contributed by atoms with van der Waals surface area (Å²) in [5.74, 6) is -1.43. The molecule has 0 atom stereocenters. The molecule has 6 nitrogen and oxygen atoms in total. The molecule has 2 aromatic rings. The molecule has 2 aliphatic rings. The number of carboxylic acid groups (broad SMARTS) is 1. The molecule has 0 amide bonds. The first-order valence-corrected chi connectivity index (χ1v) is 8.17. The van der Waals surface area contributed by atoms with Crippen LogP contribution in [-0.2, 0) is 6.54 Å². The van der Waals surface area contributed by atoms with Crippen LogP contribution in [-0.4, -0.2) is 33.5 Å². The summed E-state index contributed by atoms with van der Waals surface area (Å²) in [6, 6.07) is 5.15. The van der Waals surface area contributed by atoms with Crippen molar-refractivity contribution >= 4 is 11.7 Å². The summed E-state index contributed by atoms with van der Waals surface area (Å²) in [4.78, 5) is 11.7. The van der Waals surface area contributed by atoms with Crippen LogP contribution in [0.4, 0.5) is 10.1 Å². The monoisotopic (exact) mass is 331 g/mol. The lowest BCUT2D eigenvalue weighted by molar-refractivity contribution is 0.0693. The molecule has 2 N–H and O–H groups in total. The van der Waals surface area contributed by atoms with Crippen LogP contribution in [0.25, 0.3) is 11.3 Å². The van der Waals surface area contributed by atoms with Gasteiger partial charge in [-0.25, -0.2) is 13.9 Å². The molecule has 1 aliphatic heterocycles. The number of anilines is 1. The topological polar surface area (TPSA) is 76.4 Å². The second-order valence-corrected chi connectivity index (χ2v) is 6.23. The van der Waals surface area contributed by atoms with Crippen LogP contribution in [0.2, 0.25) is 0 Å². The van der Waals surface area contributed by atoms with Crippen molar-refractivity contribution in [2.75, 3.05) is 11.9 Å². The number of hydrogen-bond acceptors (Lipinski definition) is 4. The molecule has 126 valence electrons. The second-order valence-electron chi connectivity index (χ2n) is 6.23. The Morgan fingerprint density at radius 3 is 2.92 bits per heavy atom. The third-order valence-electron chi connectivity index (χ3n) is 4.30. The van der Waals surface area contributed by atoms with Crippen LogP contribution in [0, 0.1) is 5.82 Å². The van der Waals surface area contributed by atoms with Crippen LogP contribution in [0.5, 0.6) is 5.88 Å². The fourth-order valence-corrected chi connectivity index (χ4v) is 2.92. The standard InChI is InChI=1S/C17H18FN3O3/c18-13-9-11(19-10-3-4-10)5-6-12(13)15-14(17(22)23)16-21(20-15)7-1-2-8-24-16/h5-6,9-10,19H,1-4,7-8H2,(H,22,23). The van der Waals surface area contributed by atoms with Gasteiger partial charge in [0.05, 0.1) is 6.61 Å². The Morgan fingerprint density at radius 1 is 1.38 bits per heavy atom. The number of aromatic nitrogens is 2. The van der Waals surface area contributed by atoms with Gasteiger partial charge in [-0.3, -0.25) is 0 Å². The summed E-state index contributed by atoms with van der Waals surface area (Å²) < 4.78 is 21.7. The maximum Gasteiger partial charge on any atom is 0.343 e. The highest BCUT2D eigenvalue weighted by atomic mass is 19.1. The molecule has 1 aromatic heterocycles. The number of nitrogens with zero attached hydrogens (tertiary/aromatic N) is 2. The van der Waals surface area contributed by atoms with E-state index in [1.165, 1.54) is 10.7 Å². The first-order valence-electron chi connectivity index (χ1n) is 8.17. The van der Waals surface area contributed by atoms with Gasteiger partial charge < -0.3 is 15.2 Å². The first-order chi connectivity index (χ1) is 11.6. The van der Waals surface area contributed by atoms with E-state index in [0.29, 0.717) is 24.9 Å². The molecular formula is C17H18FN3O3. The maximum absolute atomic E-state index is 14.6. The molecule has 0 bridgehead atoms. The number of rotatable bonds is 4. The van der Waals surface area contributed by atoms with E-state index in [2.05, 4.69) is 10.4 Å². The van der Waals surface area contributed by atoms with Crippen molar-refractivity contribution in [1.29, 1.82) is 0 Å². The Morgan fingerprint density at radius 2 is 2.21 bits per heavy atom. The minimum absolute atomic E-state index is 0.0706. The van der Waals surface area contributed by atoms with Gasteiger partial charge in [-0.05, 0) is 43.9 Å². The van der Waals surface area contributed by atoms with Crippen molar-refractivity contribution < 1.29 is 19.0 Å². The number of halogens is 1. The van der Waals surface area contributed by atoms with Crippen molar-refractivity contribution in [3.05, 3.63) is 29.6 Å². The molecule has 0 spiro atoms. The SMILES string of the molecule is O=C(O)c1c(-c2ccc(NC3CC3)cc2F)nn2c1OCCCC2. The molecule has 0 unspecified atom stereocenters. The lowest BCUT2D eigenvalue weighted by atomic mass is 10.1. The molecular weight excluding hydrogens is 313 g/mol. The van der Waals surface area contributed by atoms with E-state index < -0.39 is 11.8 Å². The van der Waals surface area contributed by atoms with Crippen molar-refractivity contribution in [1.82, 2.24) is 9.78 Å². The average Bonchev–Trinajstić information content (AvgIpc) is 3.31. The number of benzene rings is 1. The van der Waals surface area contributed by atoms with Gasteiger partial charge in [0.25, 0.3) is 0 Å². The highest BCUT2D eigenvalue weighted by Gasteiger charge is 2.29. The van der Waals surface area contributed by atoms with Gasteiger partial charge in [0.15, 0.2) is 0 Å². The largest absolute Gasteiger partial charge is 0.477 e. The Labute approximate surface area is 138 Å². The van der Waals surface area contributed by atoms with E-state index >= 15 is 0 Å². The van der Waals surface area contributed by atoms with E-state index in [9.17, 15) is 14.3 Å². The van der Waals surface area contributed by atoms with Crippen molar-refractivity contribution in [3.63, 3.8) is 0 Å². The highest BCUT2D eigenvalue weighted by Crippen LogP contribution is 2.35. The number of aromatic carboxylic acids is 1. The maximum atomic E-state index is 14.6. The Balaban J connectivity index is 1.76. The van der Waals surface area contributed by atoms with Crippen LogP contribution >= 0.6 is 0 Å². The van der Waals surface area contributed by atoms with Crippen molar-refractivity contribution in [2.45, 2.75) is 38.3 Å². The van der Waals surface area contributed by atoms with E-state index in [1.807, 2.05) is 0 Å². The van der Waals surface area contributed by atoms with Gasteiger partial charge in [0, 0.05) is 23.8 Å². The summed E-state index contributed by atoms with van der Waals surface area (Å²) in [5.41, 5.74) is 0.930. The molecule has 2 heterocycles. The van der Waals surface area contributed by atoms with Crippen molar-refractivity contribution in [3.8, 4) is 17.1 Å². The predicted octanol–water partition coefficient (Wildman–Crippen LogP) is 3.13.